The van der Waals surface area contributed by atoms with E-state index in [1.807, 2.05) is 0 Å². The zero-order chi connectivity index (χ0) is 12.9. The van der Waals surface area contributed by atoms with Crippen LogP contribution in [0.25, 0.3) is 0 Å². The van der Waals surface area contributed by atoms with Gasteiger partial charge in [-0.1, -0.05) is 11.8 Å². The summed E-state index contributed by atoms with van der Waals surface area (Å²) < 4.78 is 10.4. The second-order valence-electron chi connectivity index (χ2n) is 3.60. The van der Waals surface area contributed by atoms with Gasteiger partial charge < -0.3 is 9.47 Å². The number of methoxy groups -OCH3 is 2. The normalized spacial score (nSPS) is 22.0. The summed E-state index contributed by atoms with van der Waals surface area (Å²) in [5.74, 6) is 11.9. The first-order valence-corrected chi connectivity index (χ1v) is 5.39. The van der Waals surface area contributed by atoms with Gasteiger partial charge in [-0.05, 0) is 13.8 Å². The largest absolute Gasteiger partial charge is 0.496 e. The number of unbranched alkanes of at least 4 members (excludes halogenated alkanes) is 1. The predicted molar refractivity (Wildman–Crippen MR) is 64.9 cm³/mol. The average Bonchev–Trinajstić information content (AvgIpc) is 2.36. The number of ether oxygens (including phenoxy) is 2. The van der Waals surface area contributed by atoms with Gasteiger partial charge in [0.25, 0.3) is 0 Å². The number of ketones is 1. The molecule has 1 unspecified atom stereocenters. The van der Waals surface area contributed by atoms with E-state index in [0.29, 0.717) is 24.2 Å². The standard InChI is InChI=1S/C14H16O3/c1-5-6-7-8-9-10-14(17-4)12(15)11(2)13(14)16-3/h7-8H2,1-4H3. The minimum Gasteiger partial charge on any atom is -0.496 e. The molecule has 0 N–H and O–H groups in total. The van der Waals surface area contributed by atoms with Crippen molar-refractivity contribution in [3.63, 3.8) is 0 Å². The van der Waals surface area contributed by atoms with Gasteiger partial charge in [0, 0.05) is 25.5 Å². The van der Waals surface area contributed by atoms with Crippen molar-refractivity contribution in [2.45, 2.75) is 32.3 Å². The summed E-state index contributed by atoms with van der Waals surface area (Å²) in [6.07, 6.45) is 1.32. The Bertz CT molecular complexity index is 465. The van der Waals surface area contributed by atoms with Gasteiger partial charge in [0.05, 0.1) is 7.11 Å². The lowest BCUT2D eigenvalue weighted by Crippen LogP contribution is -2.51. The molecule has 0 heterocycles. The SMILES string of the molecule is CC#CCCC#CC1(OC)C(=O)C(C)=C1OC. The first-order chi connectivity index (χ1) is 8.14. The predicted octanol–water partition coefficient (Wildman–Crippen LogP) is 1.68. The van der Waals surface area contributed by atoms with Gasteiger partial charge in [0.1, 0.15) is 0 Å². The lowest BCUT2D eigenvalue weighted by atomic mass is 9.78. The van der Waals surface area contributed by atoms with Gasteiger partial charge in [-0.15, -0.1) is 11.8 Å². The fourth-order valence-electron chi connectivity index (χ4n) is 1.76. The van der Waals surface area contributed by atoms with Gasteiger partial charge in [-0.25, -0.2) is 0 Å². The third-order valence-corrected chi connectivity index (χ3v) is 2.65. The third-order valence-electron chi connectivity index (χ3n) is 2.65. The van der Waals surface area contributed by atoms with Crippen LogP contribution in [0.3, 0.4) is 0 Å². The van der Waals surface area contributed by atoms with Crippen LogP contribution in [0.2, 0.25) is 0 Å². The molecule has 0 spiro atoms. The zero-order valence-corrected chi connectivity index (χ0v) is 10.6. The maximum Gasteiger partial charge on any atom is 0.249 e. The van der Waals surface area contributed by atoms with Crippen LogP contribution in [0, 0.1) is 23.7 Å². The van der Waals surface area contributed by atoms with Crippen molar-refractivity contribution < 1.29 is 14.3 Å². The van der Waals surface area contributed by atoms with Crippen molar-refractivity contribution in [3.05, 3.63) is 11.3 Å². The molecule has 0 saturated carbocycles. The van der Waals surface area contributed by atoms with Crippen molar-refractivity contribution in [3.8, 4) is 23.7 Å². The van der Waals surface area contributed by atoms with E-state index in [-0.39, 0.29) is 5.78 Å². The molecular formula is C14H16O3. The maximum atomic E-state index is 11.8. The van der Waals surface area contributed by atoms with Gasteiger partial charge in [0.2, 0.25) is 11.4 Å². The van der Waals surface area contributed by atoms with E-state index < -0.39 is 5.60 Å². The summed E-state index contributed by atoms with van der Waals surface area (Å²) >= 11 is 0. The summed E-state index contributed by atoms with van der Waals surface area (Å²) in [5, 5.41) is 0. The van der Waals surface area contributed by atoms with Gasteiger partial charge in [0.15, 0.2) is 5.76 Å². The molecule has 0 radical (unpaired) electrons. The van der Waals surface area contributed by atoms with Gasteiger partial charge in [-0.2, -0.15) is 0 Å². The van der Waals surface area contributed by atoms with Crippen LogP contribution in [0.5, 0.6) is 0 Å². The highest BCUT2D eigenvalue weighted by molar-refractivity contribution is 6.13. The van der Waals surface area contributed by atoms with Crippen molar-refractivity contribution in [1.82, 2.24) is 0 Å². The summed E-state index contributed by atoms with van der Waals surface area (Å²) in [7, 11) is 2.98. The van der Waals surface area contributed by atoms with Crippen LogP contribution >= 0.6 is 0 Å². The molecule has 1 aliphatic carbocycles. The molecule has 1 atom stereocenters. The first-order valence-electron chi connectivity index (χ1n) is 5.39. The monoisotopic (exact) mass is 232 g/mol. The van der Waals surface area contributed by atoms with E-state index in [4.69, 9.17) is 9.47 Å². The molecule has 0 aliphatic heterocycles. The molecule has 1 rings (SSSR count). The molecule has 0 aromatic heterocycles. The van der Waals surface area contributed by atoms with Crippen LogP contribution < -0.4 is 0 Å². The topological polar surface area (TPSA) is 35.5 Å². The lowest BCUT2D eigenvalue weighted by molar-refractivity contribution is -0.136. The summed E-state index contributed by atoms with van der Waals surface area (Å²) in [6.45, 7) is 3.50. The Morgan fingerprint density at radius 3 is 2.41 bits per heavy atom. The maximum absolute atomic E-state index is 11.8. The summed E-state index contributed by atoms with van der Waals surface area (Å²) in [4.78, 5) is 11.8. The molecule has 3 nitrogen and oxygen atoms in total. The highest BCUT2D eigenvalue weighted by Crippen LogP contribution is 2.37. The average molecular weight is 232 g/mol. The molecule has 0 aromatic rings. The van der Waals surface area contributed by atoms with E-state index in [1.165, 1.54) is 14.2 Å². The number of Topliss-reactive ketones (excluding diaryl/α,β-unsaturated/α-hetero) is 1. The van der Waals surface area contributed by atoms with Crippen molar-refractivity contribution in [2.24, 2.45) is 0 Å². The second kappa shape index (κ2) is 5.57. The van der Waals surface area contributed by atoms with Crippen molar-refractivity contribution in [1.29, 1.82) is 0 Å². The molecule has 90 valence electrons. The van der Waals surface area contributed by atoms with E-state index >= 15 is 0 Å². The highest BCUT2D eigenvalue weighted by Gasteiger charge is 2.53. The van der Waals surface area contributed by atoms with Crippen LogP contribution in [0.4, 0.5) is 0 Å². The molecular weight excluding hydrogens is 216 g/mol. The Hall–Kier alpha value is -1.71. The van der Waals surface area contributed by atoms with Gasteiger partial charge in [-0.3, -0.25) is 4.79 Å². The fraction of sp³-hybridized carbons (Fsp3) is 0.500. The zero-order valence-electron chi connectivity index (χ0n) is 10.6. The van der Waals surface area contributed by atoms with Crippen LogP contribution in [-0.4, -0.2) is 25.6 Å². The van der Waals surface area contributed by atoms with Crippen LogP contribution in [0.15, 0.2) is 11.3 Å². The number of carbonyl (C=O) groups is 1. The Balaban J connectivity index is 2.84. The fourth-order valence-corrected chi connectivity index (χ4v) is 1.76. The lowest BCUT2D eigenvalue weighted by Gasteiger charge is -2.36. The van der Waals surface area contributed by atoms with Crippen LogP contribution in [-0.2, 0) is 14.3 Å². The molecule has 0 fully saturated rings. The highest BCUT2D eigenvalue weighted by atomic mass is 16.5. The van der Waals surface area contributed by atoms with E-state index in [9.17, 15) is 4.79 Å². The number of hydrogen-bond donors (Lipinski definition) is 0. The number of hydrogen-bond acceptors (Lipinski definition) is 3. The Morgan fingerprint density at radius 2 is 1.88 bits per heavy atom. The minimum atomic E-state index is -1.18. The van der Waals surface area contributed by atoms with Crippen molar-refractivity contribution >= 4 is 5.78 Å². The Morgan fingerprint density at radius 1 is 1.24 bits per heavy atom. The quantitative estimate of drug-likeness (QED) is 0.548. The van der Waals surface area contributed by atoms with Crippen LogP contribution in [0.1, 0.15) is 26.7 Å². The molecule has 0 amide bonds. The number of rotatable bonds is 3. The third kappa shape index (κ3) is 2.20. The summed E-state index contributed by atoms with van der Waals surface area (Å²) in [5.41, 5.74) is -0.602. The Labute approximate surface area is 102 Å². The Kier molecular flexibility index (Phi) is 4.37. The molecule has 0 saturated heterocycles. The van der Waals surface area contributed by atoms with E-state index in [2.05, 4.69) is 23.7 Å². The smallest absolute Gasteiger partial charge is 0.249 e. The molecule has 0 aromatic carbocycles. The first kappa shape index (κ1) is 13.4. The van der Waals surface area contributed by atoms with E-state index in [1.54, 1.807) is 13.8 Å². The van der Waals surface area contributed by atoms with Gasteiger partial charge >= 0.3 is 0 Å². The molecule has 1 aliphatic rings. The molecule has 0 bridgehead atoms. The van der Waals surface area contributed by atoms with E-state index in [0.717, 1.165) is 0 Å². The summed E-state index contributed by atoms with van der Waals surface area (Å²) in [6, 6.07) is 0. The number of carbonyl (C=O) groups excluding carboxylic acids is 1. The molecule has 3 heteroatoms. The van der Waals surface area contributed by atoms with Crippen molar-refractivity contribution in [2.75, 3.05) is 14.2 Å². The minimum absolute atomic E-state index is 0.120. The molecule has 17 heavy (non-hydrogen) atoms. The second-order valence-corrected chi connectivity index (χ2v) is 3.60.